The number of nitrogens with zero attached hydrogens (tertiary/aromatic N) is 2. The van der Waals surface area contributed by atoms with Crippen molar-refractivity contribution in [2.45, 2.75) is 25.3 Å². The Morgan fingerprint density at radius 2 is 2.12 bits per heavy atom. The highest BCUT2D eigenvalue weighted by atomic mass is 15.0. The van der Waals surface area contributed by atoms with Gasteiger partial charge in [-0.1, -0.05) is 24.3 Å². The van der Waals surface area contributed by atoms with E-state index in [1.807, 2.05) is 6.07 Å². The smallest absolute Gasteiger partial charge is 0.129 e. The number of anilines is 1. The number of fused-ring (bicyclic) bond motifs is 1. The van der Waals surface area contributed by atoms with E-state index in [1.54, 1.807) is 12.5 Å². The molecule has 86 valence electrons. The van der Waals surface area contributed by atoms with Crippen molar-refractivity contribution in [3.63, 3.8) is 0 Å². The van der Waals surface area contributed by atoms with E-state index in [2.05, 4.69) is 39.6 Å². The van der Waals surface area contributed by atoms with Crippen LogP contribution in [0.4, 0.5) is 5.82 Å². The molecule has 17 heavy (non-hydrogen) atoms. The maximum absolute atomic E-state index is 4.22. The highest BCUT2D eigenvalue weighted by Gasteiger charge is 2.19. The molecule has 0 bridgehead atoms. The van der Waals surface area contributed by atoms with Gasteiger partial charge in [0.25, 0.3) is 0 Å². The van der Waals surface area contributed by atoms with Gasteiger partial charge < -0.3 is 5.32 Å². The zero-order valence-electron chi connectivity index (χ0n) is 9.63. The highest BCUT2D eigenvalue weighted by Crippen LogP contribution is 2.31. The van der Waals surface area contributed by atoms with E-state index in [4.69, 9.17) is 0 Å². The summed E-state index contributed by atoms with van der Waals surface area (Å²) in [5, 5.41) is 3.49. The first-order chi connectivity index (χ1) is 8.43. The molecule has 0 saturated carbocycles. The van der Waals surface area contributed by atoms with E-state index in [1.165, 1.54) is 30.4 Å². The molecule has 1 heterocycles. The molecule has 3 rings (SSSR count). The molecule has 0 aliphatic heterocycles. The Hall–Kier alpha value is -1.90. The molecule has 1 atom stereocenters. The van der Waals surface area contributed by atoms with Crippen molar-refractivity contribution < 1.29 is 0 Å². The number of nitrogens with one attached hydrogen (secondary N) is 1. The van der Waals surface area contributed by atoms with Gasteiger partial charge in [0.05, 0.1) is 6.04 Å². The third-order valence-corrected chi connectivity index (χ3v) is 3.27. The van der Waals surface area contributed by atoms with Gasteiger partial charge >= 0.3 is 0 Å². The molecule has 0 amide bonds. The number of aryl methyl sites for hydroxylation is 1. The van der Waals surface area contributed by atoms with E-state index >= 15 is 0 Å². The third kappa shape index (κ3) is 2.13. The molecule has 2 aromatic rings. The first kappa shape index (κ1) is 10.3. The van der Waals surface area contributed by atoms with Crippen LogP contribution in [0, 0.1) is 0 Å². The van der Waals surface area contributed by atoms with Crippen LogP contribution in [0.1, 0.15) is 30.0 Å². The predicted octanol–water partition coefficient (Wildman–Crippen LogP) is 2.97. The van der Waals surface area contributed by atoms with Crippen LogP contribution in [0.5, 0.6) is 0 Å². The van der Waals surface area contributed by atoms with Crippen LogP contribution in [-0.4, -0.2) is 9.97 Å². The topological polar surface area (TPSA) is 37.8 Å². The fourth-order valence-corrected chi connectivity index (χ4v) is 2.46. The molecule has 1 unspecified atom stereocenters. The number of hydrogen-bond acceptors (Lipinski definition) is 3. The fraction of sp³-hybridized carbons (Fsp3) is 0.286. The average Bonchev–Trinajstić information content (AvgIpc) is 2.40. The summed E-state index contributed by atoms with van der Waals surface area (Å²) in [6.07, 6.45) is 6.94. The number of rotatable bonds is 2. The minimum absolute atomic E-state index is 0.384. The van der Waals surface area contributed by atoms with Crippen LogP contribution >= 0.6 is 0 Å². The predicted molar refractivity (Wildman–Crippen MR) is 67.8 cm³/mol. The van der Waals surface area contributed by atoms with Crippen molar-refractivity contribution in [3.05, 3.63) is 54.0 Å². The van der Waals surface area contributed by atoms with Crippen LogP contribution in [0.15, 0.2) is 42.9 Å². The summed E-state index contributed by atoms with van der Waals surface area (Å²) in [7, 11) is 0. The fourth-order valence-electron chi connectivity index (χ4n) is 2.46. The van der Waals surface area contributed by atoms with Gasteiger partial charge in [0, 0.05) is 6.20 Å². The maximum Gasteiger partial charge on any atom is 0.129 e. The SMILES string of the molecule is c1ccc2c(c1)CCCC2Nc1ccncn1. The van der Waals surface area contributed by atoms with E-state index in [9.17, 15) is 0 Å². The molecule has 0 radical (unpaired) electrons. The van der Waals surface area contributed by atoms with Crippen molar-refractivity contribution in [2.24, 2.45) is 0 Å². The summed E-state index contributed by atoms with van der Waals surface area (Å²) in [5.41, 5.74) is 2.88. The first-order valence-electron chi connectivity index (χ1n) is 6.04. The first-order valence-corrected chi connectivity index (χ1v) is 6.04. The van der Waals surface area contributed by atoms with Crippen LogP contribution in [0.2, 0.25) is 0 Å². The van der Waals surface area contributed by atoms with Gasteiger partial charge in [-0.3, -0.25) is 0 Å². The molecule has 3 heteroatoms. The second-order valence-corrected chi connectivity index (χ2v) is 4.38. The summed E-state index contributed by atoms with van der Waals surface area (Å²) >= 11 is 0. The number of aromatic nitrogens is 2. The van der Waals surface area contributed by atoms with E-state index < -0.39 is 0 Å². The van der Waals surface area contributed by atoms with Gasteiger partial charge in [0.1, 0.15) is 12.1 Å². The van der Waals surface area contributed by atoms with E-state index in [0.29, 0.717) is 6.04 Å². The molecule has 1 aliphatic carbocycles. The zero-order valence-corrected chi connectivity index (χ0v) is 9.63. The summed E-state index contributed by atoms with van der Waals surface area (Å²) in [6, 6.07) is 11.0. The Bertz CT molecular complexity index is 496. The molecule has 1 aromatic carbocycles. The van der Waals surface area contributed by atoms with Gasteiger partial charge in [-0.15, -0.1) is 0 Å². The van der Waals surface area contributed by atoms with Gasteiger partial charge in [-0.05, 0) is 36.5 Å². The molecule has 1 aromatic heterocycles. The highest BCUT2D eigenvalue weighted by molar-refractivity contribution is 5.41. The summed E-state index contributed by atoms with van der Waals surface area (Å²) in [4.78, 5) is 8.16. The quantitative estimate of drug-likeness (QED) is 0.853. The standard InChI is InChI=1S/C14H15N3/c1-2-6-12-11(4-1)5-3-7-13(12)17-14-8-9-15-10-16-14/h1-2,4,6,8-10,13H,3,5,7H2,(H,15,16,17). The monoisotopic (exact) mass is 225 g/mol. The molecule has 1 N–H and O–H groups in total. The molecule has 0 saturated heterocycles. The zero-order chi connectivity index (χ0) is 11.5. The van der Waals surface area contributed by atoms with Gasteiger partial charge in [-0.25, -0.2) is 9.97 Å². The van der Waals surface area contributed by atoms with E-state index in [-0.39, 0.29) is 0 Å². The molecule has 0 spiro atoms. The second kappa shape index (κ2) is 4.53. The van der Waals surface area contributed by atoms with E-state index in [0.717, 1.165) is 5.82 Å². The molecule has 0 fully saturated rings. The lowest BCUT2D eigenvalue weighted by Gasteiger charge is -2.26. The van der Waals surface area contributed by atoms with Crippen LogP contribution in [-0.2, 0) is 6.42 Å². The van der Waals surface area contributed by atoms with Crippen LogP contribution in [0.25, 0.3) is 0 Å². The van der Waals surface area contributed by atoms with Crippen LogP contribution < -0.4 is 5.32 Å². The van der Waals surface area contributed by atoms with Crippen molar-refractivity contribution in [1.29, 1.82) is 0 Å². The lowest BCUT2D eigenvalue weighted by atomic mass is 9.88. The summed E-state index contributed by atoms with van der Waals surface area (Å²) in [5.74, 6) is 0.904. The minimum Gasteiger partial charge on any atom is -0.363 e. The molecular weight excluding hydrogens is 210 g/mol. The van der Waals surface area contributed by atoms with Crippen molar-refractivity contribution in [1.82, 2.24) is 9.97 Å². The van der Waals surface area contributed by atoms with Gasteiger partial charge in [0.15, 0.2) is 0 Å². The second-order valence-electron chi connectivity index (χ2n) is 4.38. The Morgan fingerprint density at radius 1 is 1.18 bits per heavy atom. The molecule has 1 aliphatic rings. The molecular formula is C14H15N3. The lowest BCUT2D eigenvalue weighted by Crippen LogP contribution is -2.17. The average molecular weight is 225 g/mol. The number of benzene rings is 1. The normalized spacial score (nSPS) is 18.5. The Morgan fingerprint density at radius 3 is 3.00 bits per heavy atom. The largest absolute Gasteiger partial charge is 0.363 e. The summed E-state index contributed by atoms with van der Waals surface area (Å²) < 4.78 is 0. The third-order valence-electron chi connectivity index (χ3n) is 3.27. The van der Waals surface area contributed by atoms with Gasteiger partial charge in [0.2, 0.25) is 0 Å². The Labute approximate surface area is 101 Å². The Balaban J connectivity index is 1.86. The number of hydrogen-bond donors (Lipinski definition) is 1. The van der Waals surface area contributed by atoms with Crippen molar-refractivity contribution in [3.8, 4) is 0 Å². The minimum atomic E-state index is 0.384. The van der Waals surface area contributed by atoms with Crippen molar-refractivity contribution >= 4 is 5.82 Å². The maximum atomic E-state index is 4.22. The lowest BCUT2D eigenvalue weighted by molar-refractivity contribution is 0.598. The Kier molecular flexibility index (Phi) is 2.74. The van der Waals surface area contributed by atoms with Gasteiger partial charge in [-0.2, -0.15) is 0 Å². The van der Waals surface area contributed by atoms with Crippen LogP contribution in [0.3, 0.4) is 0 Å². The van der Waals surface area contributed by atoms with Crippen molar-refractivity contribution in [2.75, 3.05) is 5.32 Å². The molecule has 3 nitrogen and oxygen atoms in total. The summed E-state index contributed by atoms with van der Waals surface area (Å²) in [6.45, 7) is 0.